The fourth-order valence-electron chi connectivity index (χ4n) is 0.453. The van der Waals surface area contributed by atoms with Gasteiger partial charge >= 0.3 is 0 Å². The first-order valence-electron chi connectivity index (χ1n) is 3.93. The summed E-state index contributed by atoms with van der Waals surface area (Å²) in [4.78, 5) is 0. The van der Waals surface area contributed by atoms with E-state index in [4.69, 9.17) is 20.5 Å². The van der Waals surface area contributed by atoms with Crippen LogP contribution in [0, 0.1) is 0 Å². The number of hydrogen-bond donors (Lipinski definition) is 4. The van der Waals surface area contributed by atoms with Crippen molar-refractivity contribution in [1.82, 2.24) is 0 Å². The smallest absolute Gasteiger partial charge is 0.280 e. The SMILES string of the molecule is CC(N)S(=O)(=O)O.Oc1ccc(O)cc1. The molecular weight excluding hydrogens is 222 g/mol. The summed E-state index contributed by atoms with van der Waals surface area (Å²) in [7, 11) is -3.96. The molecule has 0 saturated carbocycles. The molecule has 1 rings (SSSR count). The van der Waals surface area contributed by atoms with Gasteiger partial charge in [-0.2, -0.15) is 8.42 Å². The lowest BCUT2D eigenvalue weighted by molar-refractivity contribution is 0.460. The van der Waals surface area contributed by atoms with Crippen molar-refractivity contribution < 1.29 is 23.2 Å². The van der Waals surface area contributed by atoms with Crippen LogP contribution in [0.25, 0.3) is 0 Å². The highest BCUT2D eigenvalue weighted by Crippen LogP contribution is 2.13. The Labute approximate surface area is 87.7 Å². The van der Waals surface area contributed by atoms with Gasteiger partial charge in [0.05, 0.1) is 0 Å². The Morgan fingerprint density at radius 2 is 1.33 bits per heavy atom. The van der Waals surface area contributed by atoms with Gasteiger partial charge in [-0.15, -0.1) is 0 Å². The minimum Gasteiger partial charge on any atom is -0.508 e. The van der Waals surface area contributed by atoms with Crippen LogP contribution >= 0.6 is 0 Å². The average molecular weight is 235 g/mol. The molecule has 0 aliphatic heterocycles. The standard InChI is InChI=1S/C6H6O2.C2H7NO3S/c7-5-1-2-6(8)4-3-5;1-2(3)7(4,5)6/h1-4,7-8H;2H,3H2,1H3,(H,4,5,6). The van der Waals surface area contributed by atoms with Crippen molar-refractivity contribution in [3.8, 4) is 11.5 Å². The highest BCUT2D eigenvalue weighted by molar-refractivity contribution is 7.86. The van der Waals surface area contributed by atoms with E-state index in [1.54, 1.807) is 0 Å². The molecule has 0 aliphatic carbocycles. The van der Waals surface area contributed by atoms with Gasteiger partial charge in [0.15, 0.2) is 0 Å². The highest BCUT2D eigenvalue weighted by Gasteiger charge is 2.09. The molecule has 0 radical (unpaired) electrons. The molecule has 0 spiro atoms. The average Bonchev–Trinajstić information content (AvgIpc) is 2.09. The Morgan fingerprint density at radius 3 is 1.47 bits per heavy atom. The van der Waals surface area contributed by atoms with Crippen molar-refractivity contribution in [2.24, 2.45) is 5.73 Å². The zero-order valence-corrected chi connectivity index (χ0v) is 8.85. The summed E-state index contributed by atoms with van der Waals surface area (Å²) in [6.45, 7) is 1.19. The lowest BCUT2D eigenvalue weighted by atomic mass is 10.3. The normalized spacial score (nSPS) is 12.5. The van der Waals surface area contributed by atoms with Crippen LogP contribution in [0.1, 0.15) is 6.92 Å². The van der Waals surface area contributed by atoms with E-state index in [1.165, 1.54) is 31.2 Å². The molecule has 1 aromatic carbocycles. The van der Waals surface area contributed by atoms with Crippen molar-refractivity contribution in [2.75, 3.05) is 0 Å². The van der Waals surface area contributed by atoms with Crippen LogP contribution in [-0.2, 0) is 10.1 Å². The summed E-state index contributed by atoms with van der Waals surface area (Å²) in [5, 5.41) is 16.1. The largest absolute Gasteiger partial charge is 0.508 e. The molecule has 15 heavy (non-hydrogen) atoms. The van der Waals surface area contributed by atoms with E-state index in [2.05, 4.69) is 0 Å². The number of nitrogens with two attached hydrogens (primary N) is 1. The quantitative estimate of drug-likeness (QED) is 0.409. The molecule has 0 amide bonds. The summed E-state index contributed by atoms with van der Waals surface area (Å²) in [6.07, 6.45) is 0. The predicted molar refractivity (Wildman–Crippen MR) is 55.0 cm³/mol. The molecule has 0 aliphatic rings. The van der Waals surface area contributed by atoms with E-state index in [1.807, 2.05) is 0 Å². The van der Waals surface area contributed by atoms with Crippen LogP contribution < -0.4 is 5.73 Å². The first-order valence-corrected chi connectivity index (χ1v) is 5.43. The molecule has 0 saturated heterocycles. The highest BCUT2D eigenvalue weighted by atomic mass is 32.2. The molecule has 0 heterocycles. The topological polar surface area (TPSA) is 121 Å². The van der Waals surface area contributed by atoms with Gasteiger partial charge in [0, 0.05) is 0 Å². The van der Waals surface area contributed by atoms with Crippen molar-refractivity contribution >= 4 is 10.1 Å². The van der Waals surface area contributed by atoms with Crippen molar-refractivity contribution in [1.29, 1.82) is 0 Å². The lowest BCUT2D eigenvalue weighted by Gasteiger charge is -1.95. The monoisotopic (exact) mass is 235 g/mol. The van der Waals surface area contributed by atoms with Crippen LogP contribution in [0.2, 0.25) is 0 Å². The van der Waals surface area contributed by atoms with Crippen LogP contribution in [-0.4, -0.2) is 28.6 Å². The Hall–Kier alpha value is -1.31. The molecule has 86 valence electrons. The third-order valence-corrected chi connectivity index (χ3v) is 2.26. The predicted octanol–water partition coefficient (Wildman–Crippen LogP) is 0.277. The summed E-state index contributed by atoms with van der Waals surface area (Å²) >= 11 is 0. The Balaban J connectivity index is 0.000000265. The van der Waals surface area contributed by atoms with Gasteiger partial charge in [-0.3, -0.25) is 4.55 Å². The Kier molecular flexibility index (Phi) is 5.06. The second-order valence-corrected chi connectivity index (χ2v) is 4.51. The Bertz CT molecular complexity index is 363. The van der Waals surface area contributed by atoms with Crippen molar-refractivity contribution in [2.45, 2.75) is 12.3 Å². The third kappa shape index (κ3) is 6.72. The molecule has 1 atom stereocenters. The fraction of sp³-hybridized carbons (Fsp3) is 0.250. The van der Waals surface area contributed by atoms with Gasteiger partial charge in [0.25, 0.3) is 10.1 Å². The van der Waals surface area contributed by atoms with Gasteiger partial charge in [-0.05, 0) is 31.2 Å². The number of aromatic hydroxyl groups is 2. The van der Waals surface area contributed by atoms with E-state index in [0.29, 0.717) is 0 Å². The summed E-state index contributed by atoms with van der Waals surface area (Å²) < 4.78 is 27.5. The molecular formula is C8H13NO5S. The van der Waals surface area contributed by atoms with Gasteiger partial charge in [0.1, 0.15) is 16.9 Å². The first-order chi connectivity index (χ1) is 6.73. The lowest BCUT2D eigenvalue weighted by Crippen LogP contribution is -2.25. The molecule has 0 fully saturated rings. The van der Waals surface area contributed by atoms with Crippen LogP contribution in [0.15, 0.2) is 24.3 Å². The van der Waals surface area contributed by atoms with E-state index in [0.717, 1.165) is 0 Å². The number of phenols is 2. The van der Waals surface area contributed by atoms with Crippen molar-refractivity contribution in [3.63, 3.8) is 0 Å². The molecule has 0 aromatic heterocycles. The number of rotatable bonds is 1. The molecule has 7 heteroatoms. The van der Waals surface area contributed by atoms with Gasteiger partial charge in [-0.1, -0.05) is 0 Å². The van der Waals surface area contributed by atoms with Crippen LogP contribution in [0.4, 0.5) is 0 Å². The van der Waals surface area contributed by atoms with Gasteiger partial charge in [0.2, 0.25) is 0 Å². The molecule has 5 N–H and O–H groups in total. The number of phenolic OH excluding ortho intramolecular Hbond substituents is 2. The van der Waals surface area contributed by atoms with Crippen molar-refractivity contribution in [3.05, 3.63) is 24.3 Å². The molecule has 1 aromatic rings. The molecule has 0 bridgehead atoms. The maximum atomic E-state index is 9.76. The van der Waals surface area contributed by atoms with Crippen LogP contribution in [0.3, 0.4) is 0 Å². The zero-order valence-electron chi connectivity index (χ0n) is 8.03. The minimum atomic E-state index is -3.96. The van der Waals surface area contributed by atoms with Gasteiger partial charge < -0.3 is 15.9 Å². The maximum absolute atomic E-state index is 9.76. The summed E-state index contributed by atoms with van der Waals surface area (Å²) in [5.41, 5.74) is 4.73. The zero-order chi connectivity index (χ0) is 12.1. The van der Waals surface area contributed by atoms with E-state index in [-0.39, 0.29) is 11.5 Å². The second kappa shape index (κ2) is 5.54. The van der Waals surface area contributed by atoms with E-state index in [9.17, 15) is 8.42 Å². The number of benzene rings is 1. The van der Waals surface area contributed by atoms with Crippen LogP contribution in [0.5, 0.6) is 11.5 Å². The third-order valence-electron chi connectivity index (χ3n) is 1.32. The first kappa shape index (κ1) is 13.7. The maximum Gasteiger partial charge on any atom is 0.280 e. The molecule has 1 unspecified atom stereocenters. The minimum absolute atomic E-state index is 0.169. The molecule has 6 nitrogen and oxygen atoms in total. The summed E-state index contributed by atoms with van der Waals surface area (Å²) in [6, 6.07) is 5.70. The summed E-state index contributed by atoms with van der Waals surface area (Å²) in [5.74, 6) is 0.339. The van der Waals surface area contributed by atoms with E-state index < -0.39 is 15.5 Å². The van der Waals surface area contributed by atoms with Gasteiger partial charge in [-0.25, -0.2) is 0 Å². The second-order valence-electron chi connectivity index (χ2n) is 2.74. The van der Waals surface area contributed by atoms with E-state index >= 15 is 0 Å². The fourth-order valence-corrected chi connectivity index (χ4v) is 0.453. The number of hydrogen-bond acceptors (Lipinski definition) is 5. The Morgan fingerprint density at radius 1 is 1.13 bits per heavy atom.